The van der Waals surface area contributed by atoms with E-state index in [2.05, 4.69) is 15.6 Å². The topological polar surface area (TPSA) is 74.0 Å². The largest absolute Gasteiger partial charge is 0.351 e. The number of pyridine rings is 1. The van der Waals surface area contributed by atoms with Crippen molar-refractivity contribution in [1.82, 2.24) is 15.6 Å². The highest BCUT2D eigenvalue weighted by atomic mass is 35.5. The predicted molar refractivity (Wildman–Crippen MR) is 65.2 cm³/mol. The van der Waals surface area contributed by atoms with E-state index in [4.69, 9.17) is 0 Å². The molecule has 3 N–H and O–H groups in total. The van der Waals surface area contributed by atoms with Gasteiger partial charge in [0.25, 0.3) is 5.91 Å². The number of carbonyl (C=O) groups is 1. The number of nitrogens with one attached hydrogen (secondary N) is 3. The average molecular weight is 246 g/mol. The number of aromatic nitrogens is 1. The molecule has 1 rings (SSSR count). The minimum absolute atomic E-state index is 0. The highest BCUT2D eigenvalue weighted by Gasteiger charge is 2.03. The van der Waals surface area contributed by atoms with E-state index >= 15 is 0 Å². The van der Waals surface area contributed by atoms with Crippen LogP contribution in [0.4, 0.5) is 0 Å². The highest BCUT2D eigenvalue weighted by molar-refractivity contribution is 5.93. The summed E-state index contributed by atoms with van der Waals surface area (Å²) in [6.45, 7) is 4.16. The molecule has 6 heteroatoms. The van der Waals surface area contributed by atoms with Crippen LogP contribution in [0.15, 0.2) is 23.1 Å². The van der Waals surface area contributed by atoms with E-state index in [0.717, 1.165) is 13.1 Å². The van der Waals surface area contributed by atoms with Gasteiger partial charge in [-0.2, -0.15) is 0 Å². The SMILES string of the molecule is CCNCCNC(=O)c1cc[nH]c(=O)c1.Cl. The Balaban J connectivity index is 0.00000225. The molecule has 5 nitrogen and oxygen atoms in total. The van der Waals surface area contributed by atoms with Crippen molar-refractivity contribution in [2.24, 2.45) is 0 Å². The number of rotatable bonds is 5. The molecule has 0 aliphatic heterocycles. The maximum atomic E-state index is 11.5. The van der Waals surface area contributed by atoms with Crippen LogP contribution in [-0.2, 0) is 0 Å². The van der Waals surface area contributed by atoms with Gasteiger partial charge >= 0.3 is 0 Å². The lowest BCUT2D eigenvalue weighted by Gasteiger charge is -2.04. The Kier molecular flexibility index (Phi) is 7.24. The third kappa shape index (κ3) is 4.95. The van der Waals surface area contributed by atoms with Crippen molar-refractivity contribution >= 4 is 18.3 Å². The fraction of sp³-hybridized carbons (Fsp3) is 0.400. The van der Waals surface area contributed by atoms with E-state index < -0.39 is 0 Å². The van der Waals surface area contributed by atoms with Crippen LogP contribution in [0.5, 0.6) is 0 Å². The van der Waals surface area contributed by atoms with Crippen LogP contribution in [0.3, 0.4) is 0 Å². The summed E-state index contributed by atoms with van der Waals surface area (Å²) in [5, 5.41) is 5.79. The molecule has 0 fully saturated rings. The van der Waals surface area contributed by atoms with Crippen LogP contribution < -0.4 is 16.2 Å². The first-order valence-corrected chi connectivity index (χ1v) is 4.91. The summed E-state index contributed by atoms with van der Waals surface area (Å²) >= 11 is 0. The van der Waals surface area contributed by atoms with Gasteiger partial charge in [0.05, 0.1) is 0 Å². The highest BCUT2D eigenvalue weighted by Crippen LogP contribution is 1.91. The van der Waals surface area contributed by atoms with Crippen molar-refractivity contribution < 1.29 is 4.79 Å². The second kappa shape index (κ2) is 7.90. The lowest BCUT2D eigenvalue weighted by atomic mass is 10.2. The van der Waals surface area contributed by atoms with Crippen molar-refractivity contribution in [3.8, 4) is 0 Å². The zero-order chi connectivity index (χ0) is 11.1. The van der Waals surface area contributed by atoms with Crippen molar-refractivity contribution in [2.45, 2.75) is 6.92 Å². The number of hydrogen-bond acceptors (Lipinski definition) is 3. The van der Waals surface area contributed by atoms with Gasteiger partial charge < -0.3 is 15.6 Å². The van der Waals surface area contributed by atoms with Gasteiger partial charge in [0.1, 0.15) is 0 Å². The molecule has 0 unspecified atom stereocenters. The zero-order valence-corrected chi connectivity index (χ0v) is 9.89. The summed E-state index contributed by atoms with van der Waals surface area (Å²) < 4.78 is 0. The van der Waals surface area contributed by atoms with E-state index in [-0.39, 0.29) is 23.9 Å². The molecule has 1 heterocycles. The Morgan fingerprint density at radius 3 is 2.81 bits per heavy atom. The van der Waals surface area contributed by atoms with Crippen LogP contribution in [0.1, 0.15) is 17.3 Å². The quantitative estimate of drug-likeness (QED) is 0.646. The summed E-state index contributed by atoms with van der Waals surface area (Å²) in [4.78, 5) is 24.8. The van der Waals surface area contributed by atoms with Gasteiger partial charge in [0.2, 0.25) is 5.56 Å². The molecular weight excluding hydrogens is 230 g/mol. The summed E-state index contributed by atoms with van der Waals surface area (Å²) in [5.74, 6) is -0.223. The van der Waals surface area contributed by atoms with Crippen LogP contribution in [0, 0.1) is 0 Å². The van der Waals surface area contributed by atoms with E-state index in [9.17, 15) is 9.59 Å². The van der Waals surface area contributed by atoms with Crippen LogP contribution in [-0.4, -0.2) is 30.5 Å². The second-order valence-electron chi connectivity index (χ2n) is 3.05. The van der Waals surface area contributed by atoms with E-state index in [1.165, 1.54) is 12.3 Å². The van der Waals surface area contributed by atoms with E-state index in [1.54, 1.807) is 6.07 Å². The molecular formula is C10H16ClN3O2. The first kappa shape index (κ1) is 14.7. The molecule has 0 spiro atoms. The molecule has 0 saturated carbocycles. The Hall–Kier alpha value is -1.33. The zero-order valence-electron chi connectivity index (χ0n) is 9.08. The van der Waals surface area contributed by atoms with Gasteiger partial charge in [0.15, 0.2) is 0 Å². The maximum absolute atomic E-state index is 11.5. The van der Waals surface area contributed by atoms with Gasteiger partial charge in [-0.25, -0.2) is 0 Å². The molecule has 0 aliphatic carbocycles. The number of carbonyl (C=O) groups excluding carboxylic acids is 1. The van der Waals surface area contributed by atoms with Gasteiger partial charge in [-0.05, 0) is 12.6 Å². The third-order valence-electron chi connectivity index (χ3n) is 1.87. The van der Waals surface area contributed by atoms with E-state index in [0.29, 0.717) is 12.1 Å². The maximum Gasteiger partial charge on any atom is 0.251 e. The molecule has 90 valence electrons. The molecule has 0 aromatic carbocycles. The summed E-state index contributed by atoms with van der Waals surface area (Å²) in [6.07, 6.45) is 1.46. The first-order valence-electron chi connectivity index (χ1n) is 4.91. The molecule has 16 heavy (non-hydrogen) atoms. The normalized spacial score (nSPS) is 9.31. The number of likely N-dealkylation sites (N-methyl/N-ethyl adjacent to an activating group) is 1. The van der Waals surface area contributed by atoms with Gasteiger partial charge in [-0.3, -0.25) is 9.59 Å². The fourth-order valence-electron chi connectivity index (χ4n) is 1.13. The molecule has 1 amide bonds. The minimum Gasteiger partial charge on any atom is -0.351 e. The van der Waals surface area contributed by atoms with Crippen molar-refractivity contribution in [3.05, 3.63) is 34.2 Å². The minimum atomic E-state index is -0.269. The fourth-order valence-corrected chi connectivity index (χ4v) is 1.13. The lowest BCUT2D eigenvalue weighted by Crippen LogP contribution is -2.32. The predicted octanol–water partition coefficient (Wildman–Crippen LogP) is 0.136. The Morgan fingerprint density at radius 1 is 1.44 bits per heavy atom. The summed E-state index contributed by atoms with van der Waals surface area (Å²) in [5.41, 5.74) is 0.115. The van der Waals surface area contributed by atoms with E-state index in [1.807, 2.05) is 6.92 Å². The van der Waals surface area contributed by atoms with Crippen LogP contribution in [0.2, 0.25) is 0 Å². The number of aromatic amines is 1. The van der Waals surface area contributed by atoms with Gasteiger partial charge in [-0.1, -0.05) is 6.92 Å². The van der Waals surface area contributed by atoms with Crippen LogP contribution in [0.25, 0.3) is 0 Å². The third-order valence-corrected chi connectivity index (χ3v) is 1.87. The Morgan fingerprint density at radius 2 is 2.19 bits per heavy atom. The Labute approximate surface area is 100 Å². The Bertz CT molecular complexity index is 378. The first-order chi connectivity index (χ1) is 7.24. The van der Waals surface area contributed by atoms with Gasteiger partial charge in [-0.15, -0.1) is 12.4 Å². The molecule has 0 aliphatic rings. The second-order valence-corrected chi connectivity index (χ2v) is 3.05. The number of halogens is 1. The standard InChI is InChI=1S/C10H15N3O2.ClH/c1-2-11-5-6-13-10(15)8-3-4-12-9(14)7-8;/h3-4,7,11H,2,5-6H2,1H3,(H,12,14)(H,13,15);1H. The number of hydrogen-bond donors (Lipinski definition) is 3. The number of H-pyrrole nitrogens is 1. The molecule has 0 saturated heterocycles. The smallest absolute Gasteiger partial charge is 0.251 e. The van der Waals surface area contributed by atoms with Crippen molar-refractivity contribution in [3.63, 3.8) is 0 Å². The van der Waals surface area contributed by atoms with Crippen molar-refractivity contribution in [1.29, 1.82) is 0 Å². The monoisotopic (exact) mass is 245 g/mol. The van der Waals surface area contributed by atoms with Gasteiger partial charge in [0, 0.05) is 30.9 Å². The lowest BCUT2D eigenvalue weighted by molar-refractivity contribution is 0.0953. The molecule has 0 radical (unpaired) electrons. The molecule has 1 aromatic rings. The number of amides is 1. The van der Waals surface area contributed by atoms with Crippen LogP contribution >= 0.6 is 12.4 Å². The molecule has 0 bridgehead atoms. The molecule has 1 aromatic heterocycles. The summed E-state index contributed by atoms with van der Waals surface area (Å²) in [7, 11) is 0. The molecule has 0 atom stereocenters. The van der Waals surface area contributed by atoms with Crippen molar-refractivity contribution in [2.75, 3.05) is 19.6 Å². The average Bonchev–Trinajstić information content (AvgIpc) is 2.24. The summed E-state index contributed by atoms with van der Waals surface area (Å²) in [6, 6.07) is 2.85.